The predicted octanol–water partition coefficient (Wildman–Crippen LogP) is 3.81. The summed E-state index contributed by atoms with van der Waals surface area (Å²) >= 11 is 0. The molecule has 2 saturated heterocycles. The van der Waals surface area contributed by atoms with Gasteiger partial charge in [0.05, 0.1) is 19.8 Å². The Morgan fingerprint density at radius 1 is 1.18 bits per heavy atom. The number of hydrogen-bond acceptors (Lipinski definition) is 6. The zero-order valence-corrected chi connectivity index (χ0v) is 22.1. The van der Waals surface area contributed by atoms with Gasteiger partial charge in [0.1, 0.15) is 11.5 Å². The van der Waals surface area contributed by atoms with Crippen molar-refractivity contribution in [2.24, 2.45) is 5.92 Å². The van der Waals surface area contributed by atoms with E-state index >= 15 is 0 Å². The lowest BCUT2D eigenvalue weighted by atomic mass is 9.99. The van der Waals surface area contributed by atoms with Crippen LogP contribution in [0.5, 0.6) is 0 Å². The lowest BCUT2D eigenvalue weighted by Crippen LogP contribution is -2.38. The molecule has 39 heavy (non-hydrogen) atoms. The molecule has 0 bridgehead atoms. The number of alkyl halides is 3. The Hall–Kier alpha value is -3.38. The third kappa shape index (κ3) is 7.60. The normalized spacial score (nSPS) is 18.7. The number of morpholine rings is 1. The third-order valence-corrected chi connectivity index (χ3v) is 6.92. The highest BCUT2D eigenvalue weighted by Gasteiger charge is 2.36. The highest BCUT2D eigenvalue weighted by molar-refractivity contribution is 5.95. The summed E-state index contributed by atoms with van der Waals surface area (Å²) in [5, 5.41) is 14.9. The Morgan fingerprint density at radius 2 is 1.92 bits per heavy atom. The summed E-state index contributed by atoms with van der Waals surface area (Å²) in [7, 11) is 0. The fourth-order valence-electron chi connectivity index (χ4n) is 4.81. The van der Waals surface area contributed by atoms with Crippen LogP contribution in [-0.4, -0.2) is 85.1 Å². The number of pyridine rings is 1. The first-order valence-corrected chi connectivity index (χ1v) is 13.0. The molecular weight excluding hydrogens is 515 g/mol. The number of nitrogens with one attached hydrogen (secondary N) is 2. The Labute approximate surface area is 225 Å². The van der Waals surface area contributed by atoms with Gasteiger partial charge in [-0.15, -0.1) is 0 Å². The van der Waals surface area contributed by atoms with Crippen molar-refractivity contribution in [1.82, 2.24) is 15.2 Å². The van der Waals surface area contributed by atoms with E-state index in [1.807, 2.05) is 24.0 Å². The largest absolute Gasteiger partial charge is 0.394 e. The second-order valence-electron chi connectivity index (χ2n) is 10.1. The van der Waals surface area contributed by atoms with E-state index in [2.05, 4.69) is 15.6 Å². The van der Waals surface area contributed by atoms with Crippen molar-refractivity contribution in [3.63, 3.8) is 0 Å². The Bertz CT molecular complexity index is 1190. The molecule has 0 unspecified atom stereocenters. The van der Waals surface area contributed by atoms with E-state index in [9.17, 15) is 27.9 Å². The zero-order valence-electron chi connectivity index (χ0n) is 22.1. The smallest absolute Gasteiger partial charge is 0.389 e. The SMILES string of the molecule is Cc1ccc(NC(=O)N2CC[C@@H](CC(F)(F)F)C2)cc1-c1cc(C(=O)N[C@@H](C)CO)nc(N2CCOCC2)c1. The van der Waals surface area contributed by atoms with E-state index in [0.29, 0.717) is 49.8 Å². The van der Waals surface area contributed by atoms with Crippen molar-refractivity contribution >= 4 is 23.4 Å². The molecule has 212 valence electrons. The summed E-state index contributed by atoms with van der Waals surface area (Å²) in [6.07, 6.45) is -4.83. The number of aliphatic hydroxyl groups excluding tert-OH is 1. The van der Waals surface area contributed by atoms with Crippen LogP contribution in [-0.2, 0) is 4.74 Å². The molecular formula is C27H34F3N5O4. The second-order valence-corrected chi connectivity index (χ2v) is 10.1. The van der Waals surface area contributed by atoms with Crippen LogP contribution in [0.15, 0.2) is 30.3 Å². The number of likely N-dealkylation sites (tertiary alicyclic amines) is 1. The molecule has 2 aliphatic heterocycles. The monoisotopic (exact) mass is 549 g/mol. The van der Waals surface area contributed by atoms with Crippen LogP contribution in [0.25, 0.3) is 11.1 Å². The van der Waals surface area contributed by atoms with Crippen LogP contribution in [0.2, 0.25) is 0 Å². The minimum Gasteiger partial charge on any atom is -0.394 e. The zero-order chi connectivity index (χ0) is 28.2. The second kappa shape index (κ2) is 12.2. The van der Waals surface area contributed by atoms with E-state index in [4.69, 9.17) is 4.74 Å². The van der Waals surface area contributed by atoms with Gasteiger partial charge in [-0.2, -0.15) is 13.2 Å². The molecule has 1 aromatic heterocycles. The van der Waals surface area contributed by atoms with Gasteiger partial charge in [-0.3, -0.25) is 4.79 Å². The molecule has 0 aliphatic carbocycles. The van der Waals surface area contributed by atoms with Crippen LogP contribution in [0, 0.1) is 12.8 Å². The number of amides is 3. The number of carbonyl (C=O) groups is 2. The molecule has 2 atom stereocenters. The summed E-state index contributed by atoms with van der Waals surface area (Å²) in [4.78, 5) is 33.8. The predicted molar refractivity (Wildman–Crippen MR) is 141 cm³/mol. The fraction of sp³-hybridized carbons (Fsp3) is 0.519. The lowest BCUT2D eigenvalue weighted by Gasteiger charge is -2.28. The highest BCUT2D eigenvalue weighted by Crippen LogP contribution is 2.32. The van der Waals surface area contributed by atoms with Gasteiger partial charge in [0, 0.05) is 44.3 Å². The third-order valence-electron chi connectivity index (χ3n) is 6.92. The van der Waals surface area contributed by atoms with Crippen LogP contribution >= 0.6 is 0 Å². The lowest BCUT2D eigenvalue weighted by molar-refractivity contribution is -0.143. The number of ether oxygens (including phenoxy) is 1. The number of benzene rings is 1. The Kier molecular flexibility index (Phi) is 8.96. The average Bonchev–Trinajstić information content (AvgIpc) is 3.37. The molecule has 9 nitrogen and oxygen atoms in total. The average molecular weight is 550 g/mol. The number of urea groups is 1. The van der Waals surface area contributed by atoms with Crippen LogP contribution in [0.4, 0.5) is 29.5 Å². The van der Waals surface area contributed by atoms with Crippen molar-refractivity contribution in [2.45, 2.75) is 38.9 Å². The number of aliphatic hydroxyl groups is 1. The summed E-state index contributed by atoms with van der Waals surface area (Å²) in [5.41, 5.74) is 3.06. The summed E-state index contributed by atoms with van der Waals surface area (Å²) < 4.78 is 43.7. The van der Waals surface area contributed by atoms with E-state index in [0.717, 1.165) is 11.1 Å². The molecule has 2 aromatic rings. The van der Waals surface area contributed by atoms with Crippen molar-refractivity contribution in [3.8, 4) is 11.1 Å². The number of aryl methyl sites for hydroxylation is 1. The Balaban J connectivity index is 1.58. The van der Waals surface area contributed by atoms with Gasteiger partial charge in [-0.25, -0.2) is 9.78 Å². The van der Waals surface area contributed by atoms with E-state index in [1.165, 1.54) is 4.90 Å². The standard InChI is InChI=1S/C27H34F3N5O4/c1-17-3-4-21(32-26(38)35-6-5-19(15-35)14-27(28,29)30)13-22(17)20-11-23(25(37)31-18(2)16-36)33-24(12-20)34-7-9-39-10-8-34/h3-4,11-13,18-19,36H,5-10,14-16H2,1-2H3,(H,31,37)(H,32,38)/t18-,19-/m0/s1. The van der Waals surface area contributed by atoms with Crippen molar-refractivity contribution in [3.05, 3.63) is 41.6 Å². The molecule has 12 heteroatoms. The van der Waals surface area contributed by atoms with Gasteiger partial charge in [-0.05, 0) is 67.1 Å². The van der Waals surface area contributed by atoms with Gasteiger partial charge in [0.2, 0.25) is 0 Å². The molecule has 1 aromatic carbocycles. The first-order valence-electron chi connectivity index (χ1n) is 13.0. The molecule has 3 N–H and O–H groups in total. The summed E-state index contributed by atoms with van der Waals surface area (Å²) in [6.45, 7) is 6.02. The van der Waals surface area contributed by atoms with E-state index in [-0.39, 0.29) is 25.4 Å². The topological polar surface area (TPSA) is 107 Å². The summed E-state index contributed by atoms with van der Waals surface area (Å²) in [5.74, 6) is -0.408. The van der Waals surface area contributed by atoms with Crippen LogP contribution in [0.3, 0.4) is 0 Å². The van der Waals surface area contributed by atoms with E-state index < -0.39 is 36.5 Å². The molecule has 0 saturated carbocycles. The molecule has 2 fully saturated rings. The molecule has 2 aliphatic rings. The van der Waals surface area contributed by atoms with Gasteiger partial charge in [0.25, 0.3) is 5.91 Å². The molecule has 3 heterocycles. The maximum atomic E-state index is 12.9. The minimum atomic E-state index is -4.25. The van der Waals surface area contributed by atoms with Crippen LogP contribution < -0.4 is 15.5 Å². The van der Waals surface area contributed by atoms with Crippen molar-refractivity contribution in [2.75, 3.05) is 56.2 Å². The number of carbonyl (C=O) groups excluding carboxylic acids is 2. The number of hydrogen-bond donors (Lipinski definition) is 3. The number of aromatic nitrogens is 1. The Morgan fingerprint density at radius 3 is 2.62 bits per heavy atom. The fourth-order valence-corrected chi connectivity index (χ4v) is 4.81. The maximum Gasteiger partial charge on any atom is 0.389 e. The number of halogens is 3. The quantitative estimate of drug-likeness (QED) is 0.485. The summed E-state index contributed by atoms with van der Waals surface area (Å²) in [6, 6.07) is 8.01. The minimum absolute atomic E-state index is 0.0576. The van der Waals surface area contributed by atoms with Gasteiger partial charge in [0.15, 0.2) is 0 Å². The molecule has 4 rings (SSSR count). The first kappa shape index (κ1) is 28.6. The molecule has 0 spiro atoms. The van der Waals surface area contributed by atoms with Gasteiger partial charge >= 0.3 is 12.2 Å². The van der Waals surface area contributed by atoms with Gasteiger partial charge in [-0.1, -0.05) is 6.07 Å². The van der Waals surface area contributed by atoms with Crippen molar-refractivity contribution in [1.29, 1.82) is 0 Å². The first-order chi connectivity index (χ1) is 18.5. The van der Waals surface area contributed by atoms with Crippen LogP contribution in [0.1, 0.15) is 35.8 Å². The number of anilines is 2. The maximum absolute atomic E-state index is 12.9. The number of nitrogens with zero attached hydrogens (tertiary/aromatic N) is 3. The molecule has 3 amide bonds. The van der Waals surface area contributed by atoms with E-state index in [1.54, 1.807) is 25.1 Å². The molecule has 0 radical (unpaired) electrons. The highest BCUT2D eigenvalue weighted by atomic mass is 19.4. The number of rotatable bonds is 7. The van der Waals surface area contributed by atoms with Crippen molar-refractivity contribution < 1.29 is 32.6 Å². The van der Waals surface area contributed by atoms with Gasteiger partial charge < -0.3 is 30.3 Å².